The summed E-state index contributed by atoms with van der Waals surface area (Å²) in [7, 11) is 0. The number of esters is 1. The first kappa shape index (κ1) is 16.2. The van der Waals surface area contributed by atoms with Gasteiger partial charge < -0.3 is 14.9 Å². The van der Waals surface area contributed by atoms with E-state index in [-0.39, 0.29) is 24.3 Å². The van der Waals surface area contributed by atoms with E-state index in [9.17, 15) is 19.8 Å². The van der Waals surface area contributed by atoms with Crippen molar-refractivity contribution in [1.82, 2.24) is 0 Å². The SMILES string of the molecule is C[C@]12CC[C@@]3(O)C[C@@]1(CC[C@@H]1[C@@]4(C)CCC[C@]12OC4=O)C(=O)[C@@H]3CO. The lowest BCUT2D eigenvalue weighted by atomic mass is 9.39. The summed E-state index contributed by atoms with van der Waals surface area (Å²) in [6.07, 6.45) is 5.77. The maximum absolute atomic E-state index is 13.4. The van der Waals surface area contributed by atoms with Gasteiger partial charge in [0, 0.05) is 16.7 Å². The van der Waals surface area contributed by atoms with Crippen molar-refractivity contribution in [3.05, 3.63) is 0 Å². The summed E-state index contributed by atoms with van der Waals surface area (Å²) in [5.74, 6) is -0.586. The van der Waals surface area contributed by atoms with E-state index in [1.807, 2.05) is 0 Å². The van der Waals surface area contributed by atoms with E-state index in [0.717, 1.165) is 25.7 Å². The van der Waals surface area contributed by atoms with E-state index in [1.54, 1.807) is 0 Å². The summed E-state index contributed by atoms with van der Waals surface area (Å²) in [5.41, 5.74) is -3.18. The van der Waals surface area contributed by atoms with Crippen LogP contribution in [-0.2, 0) is 14.3 Å². The van der Waals surface area contributed by atoms with Gasteiger partial charge in [-0.3, -0.25) is 9.59 Å². The predicted octanol–water partition coefficient (Wildman–Crippen LogP) is 1.98. The summed E-state index contributed by atoms with van der Waals surface area (Å²) in [5, 5.41) is 20.9. The molecule has 0 aromatic rings. The Kier molecular flexibility index (Phi) is 2.80. The fourth-order valence-electron chi connectivity index (χ4n) is 8.05. The number of ether oxygens (including phenoxy) is 1. The van der Waals surface area contributed by atoms with Gasteiger partial charge in [-0.15, -0.1) is 0 Å². The first-order chi connectivity index (χ1) is 11.7. The van der Waals surface area contributed by atoms with Gasteiger partial charge in [-0.2, -0.15) is 0 Å². The molecule has 1 spiro atoms. The molecule has 0 aromatic carbocycles. The van der Waals surface area contributed by atoms with Crippen molar-refractivity contribution in [2.75, 3.05) is 6.61 Å². The average Bonchev–Trinajstić information content (AvgIpc) is 2.82. The van der Waals surface area contributed by atoms with Gasteiger partial charge in [-0.1, -0.05) is 6.92 Å². The molecule has 0 unspecified atom stereocenters. The molecule has 1 heterocycles. The molecule has 5 heteroatoms. The maximum atomic E-state index is 13.4. The van der Waals surface area contributed by atoms with E-state index in [4.69, 9.17) is 4.74 Å². The monoisotopic (exact) mass is 348 g/mol. The van der Waals surface area contributed by atoms with E-state index < -0.39 is 33.4 Å². The standard InChI is InChI=1S/C20H28O5/c1-16-5-3-6-20(25-15(16)23)13(16)4-7-18-11-19(24,9-8-17(18,20)2)12(10-21)14(18)22/h12-13,21,24H,3-11H2,1-2H3/t12-,13+,16+,17-,18-,19+,20-/m0/s1. The van der Waals surface area contributed by atoms with Crippen molar-refractivity contribution in [2.24, 2.45) is 28.1 Å². The van der Waals surface area contributed by atoms with Crippen LogP contribution >= 0.6 is 0 Å². The third kappa shape index (κ3) is 1.41. The number of ketones is 1. The highest BCUT2D eigenvalue weighted by Crippen LogP contribution is 2.77. The summed E-state index contributed by atoms with van der Waals surface area (Å²) in [6, 6.07) is 0. The molecule has 4 aliphatic carbocycles. The molecule has 25 heavy (non-hydrogen) atoms. The molecular formula is C20H28O5. The van der Waals surface area contributed by atoms with Gasteiger partial charge in [0.1, 0.15) is 11.4 Å². The number of rotatable bonds is 1. The molecule has 2 N–H and O–H groups in total. The summed E-state index contributed by atoms with van der Waals surface area (Å²) < 4.78 is 6.21. The molecule has 4 saturated carbocycles. The Morgan fingerprint density at radius 3 is 2.60 bits per heavy atom. The van der Waals surface area contributed by atoms with Crippen LogP contribution in [0.3, 0.4) is 0 Å². The third-order valence-electron chi connectivity index (χ3n) is 9.45. The van der Waals surface area contributed by atoms with Gasteiger partial charge >= 0.3 is 5.97 Å². The van der Waals surface area contributed by atoms with Gasteiger partial charge in [0.05, 0.1) is 23.5 Å². The summed E-state index contributed by atoms with van der Waals surface area (Å²) >= 11 is 0. The highest BCUT2D eigenvalue weighted by atomic mass is 16.6. The van der Waals surface area contributed by atoms with Crippen LogP contribution in [0.4, 0.5) is 0 Å². The Morgan fingerprint density at radius 1 is 1.12 bits per heavy atom. The van der Waals surface area contributed by atoms with E-state index in [0.29, 0.717) is 25.7 Å². The molecule has 138 valence electrons. The predicted molar refractivity (Wildman–Crippen MR) is 88.4 cm³/mol. The topological polar surface area (TPSA) is 83.8 Å². The summed E-state index contributed by atoms with van der Waals surface area (Å²) in [4.78, 5) is 26.3. The lowest BCUT2D eigenvalue weighted by molar-refractivity contribution is -0.231. The number of carbonyl (C=O) groups is 2. The molecule has 0 radical (unpaired) electrons. The smallest absolute Gasteiger partial charge is 0.312 e. The van der Waals surface area contributed by atoms with Crippen molar-refractivity contribution in [1.29, 1.82) is 0 Å². The zero-order valence-electron chi connectivity index (χ0n) is 15.1. The van der Waals surface area contributed by atoms with Crippen molar-refractivity contribution in [3.8, 4) is 0 Å². The van der Waals surface area contributed by atoms with Crippen LogP contribution in [0.1, 0.15) is 65.2 Å². The molecule has 5 aliphatic rings. The van der Waals surface area contributed by atoms with Crippen LogP contribution in [0.25, 0.3) is 0 Å². The number of hydrogen-bond acceptors (Lipinski definition) is 5. The van der Waals surface area contributed by atoms with Crippen LogP contribution < -0.4 is 0 Å². The van der Waals surface area contributed by atoms with Crippen LogP contribution in [0.15, 0.2) is 0 Å². The first-order valence-corrected chi connectivity index (χ1v) is 9.80. The van der Waals surface area contributed by atoms with Crippen LogP contribution in [0, 0.1) is 28.1 Å². The molecule has 5 rings (SSSR count). The summed E-state index contributed by atoms with van der Waals surface area (Å²) in [6.45, 7) is 3.90. The molecule has 0 aromatic heterocycles. The van der Waals surface area contributed by atoms with Crippen molar-refractivity contribution >= 4 is 11.8 Å². The van der Waals surface area contributed by atoms with Crippen molar-refractivity contribution in [3.63, 3.8) is 0 Å². The number of aliphatic hydroxyl groups excluding tert-OH is 1. The minimum atomic E-state index is -1.09. The number of fused-ring (bicyclic) bond motifs is 1. The molecular weight excluding hydrogens is 320 g/mol. The largest absolute Gasteiger partial charge is 0.458 e. The molecule has 7 atom stereocenters. The van der Waals surface area contributed by atoms with E-state index in [2.05, 4.69) is 13.8 Å². The number of hydrogen-bond donors (Lipinski definition) is 2. The normalized spacial score (nSPS) is 59.4. The minimum Gasteiger partial charge on any atom is -0.458 e. The van der Waals surface area contributed by atoms with Crippen LogP contribution in [0.2, 0.25) is 0 Å². The van der Waals surface area contributed by atoms with Crippen LogP contribution in [-0.4, -0.2) is 39.8 Å². The molecule has 4 bridgehead atoms. The lowest BCUT2D eigenvalue weighted by Crippen LogP contribution is -2.67. The Hall–Kier alpha value is -0.940. The molecule has 5 fully saturated rings. The second-order valence-electron chi connectivity index (χ2n) is 9.94. The highest BCUT2D eigenvalue weighted by Gasteiger charge is 2.81. The number of Topliss-reactive ketones (excluding diaryl/α,β-unsaturated/α-hetero) is 1. The number of carbonyl (C=O) groups excluding carboxylic acids is 2. The first-order valence-electron chi connectivity index (χ1n) is 9.80. The zero-order valence-corrected chi connectivity index (χ0v) is 15.1. The average molecular weight is 348 g/mol. The lowest BCUT2D eigenvalue weighted by Gasteiger charge is -2.64. The molecule has 0 amide bonds. The van der Waals surface area contributed by atoms with Gasteiger partial charge in [-0.05, 0) is 58.3 Å². The van der Waals surface area contributed by atoms with E-state index >= 15 is 0 Å². The fourth-order valence-corrected chi connectivity index (χ4v) is 8.05. The quantitative estimate of drug-likeness (QED) is 0.708. The number of aliphatic hydroxyl groups is 2. The van der Waals surface area contributed by atoms with Crippen molar-refractivity contribution < 1.29 is 24.5 Å². The highest BCUT2D eigenvalue weighted by molar-refractivity contribution is 5.93. The van der Waals surface area contributed by atoms with Gasteiger partial charge in [0.25, 0.3) is 0 Å². The van der Waals surface area contributed by atoms with E-state index in [1.165, 1.54) is 0 Å². The Bertz CT molecular complexity index is 690. The molecule has 5 nitrogen and oxygen atoms in total. The second kappa shape index (κ2) is 4.30. The maximum Gasteiger partial charge on any atom is 0.312 e. The Morgan fingerprint density at radius 2 is 1.88 bits per heavy atom. The minimum absolute atomic E-state index is 0.0144. The van der Waals surface area contributed by atoms with Crippen LogP contribution in [0.5, 0.6) is 0 Å². The van der Waals surface area contributed by atoms with Gasteiger partial charge in [0.2, 0.25) is 0 Å². The van der Waals surface area contributed by atoms with Gasteiger partial charge in [0.15, 0.2) is 0 Å². The fraction of sp³-hybridized carbons (Fsp3) is 0.900. The zero-order chi connectivity index (χ0) is 17.9. The third-order valence-corrected chi connectivity index (χ3v) is 9.45. The van der Waals surface area contributed by atoms with Gasteiger partial charge in [-0.25, -0.2) is 0 Å². The molecule has 1 saturated heterocycles. The van der Waals surface area contributed by atoms with Crippen molar-refractivity contribution in [2.45, 2.75) is 76.4 Å². The Balaban J connectivity index is 1.70. The second-order valence-corrected chi connectivity index (χ2v) is 9.94. The Labute approximate surface area is 148 Å². The molecule has 1 aliphatic heterocycles.